The first kappa shape index (κ1) is 17.9. The molecule has 0 aliphatic heterocycles. The van der Waals surface area contributed by atoms with Gasteiger partial charge in [-0.1, -0.05) is 48.6 Å². The Bertz CT molecular complexity index is 924. The predicted molar refractivity (Wildman–Crippen MR) is 102 cm³/mol. The number of allylic oxidation sites excluding steroid dienone is 1. The van der Waals surface area contributed by atoms with E-state index in [0.29, 0.717) is 0 Å². The molecule has 0 aliphatic carbocycles. The van der Waals surface area contributed by atoms with Crippen molar-refractivity contribution in [2.24, 2.45) is 0 Å². The summed E-state index contributed by atoms with van der Waals surface area (Å²) in [5.74, 6) is -0.968. The molecule has 3 rings (SSSR count). The highest BCUT2D eigenvalue weighted by atomic mass is 16.5. The van der Waals surface area contributed by atoms with Crippen LogP contribution in [-0.2, 0) is 22.7 Å². The number of ether oxygens (including phenoxy) is 1. The molecule has 0 spiro atoms. The molecule has 2 aromatic carbocycles. The number of benzene rings is 2. The molecule has 0 fully saturated rings. The van der Waals surface area contributed by atoms with Gasteiger partial charge in [-0.05, 0) is 37.1 Å². The van der Waals surface area contributed by atoms with E-state index in [-0.39, 0.29) is 6.61 Å². The molecule has 0 radical (unpaired) electrons. The van der Waals surface area contributed by atoms with E-state index in [4.69, 9.17) is 9.84 Å². The smallest absolute Gasteiger partial charge is 0.335 e. The Labute approximate surface area is 152 Å². The molecule has 0 saturated heterocycles. The summed E-state index contributed by atoms with van der Waals surface area (Å²) in [6.07, 6.45) is 5.99. The van der Waals surface area contributed by atoms with Crippen LogP contribution in [0.4, 0.5) is 0 Å². The van der Waals surface area contributed by atoms with E-state index in [1.807, 2.05) is 48.8 Å². The van der Waals surface area contributed by atoms with E-state index in [2.05, 4.69) is 27.8 Å². The van der Waals surface area contributed by atoms with Gasteiger partial charge < -0.3 is 14.4 Å². The summed E-state index contributed by atoms with van der Waals surface area (Å²) < 4.78 is 7.56. The van der Waals surface area contributed by atoms with Crippen molar-refractivity contribution < 1.29 is 14.6 Å². The van der Waals surface area contributed by atoms with Gasteiger partial charge in [0.15, 0.2) is 5.60 Å². The van der Waals surface area contributed by atoms with Gasteiger partial charge in [0.2, 0.25) is 0 Å². The lowest BCUT2D eigenvalue weighted by molar-refractivity contribution is -0.162. The lowest BCUT2D eigenvalue weighted by atomic mass is 10.1. The lowest BCUT2D eigenvalue weighted by Gasteiger charge is -2.20. The van der Waals surface area contributed by atoms with E-state index in [1.165, 1.54) is 0 Å². The fourth-order valence-electron chi connectivity index (χ4n) is 2.51. The second kappa shape index (κ2) is 7.54. The average Bonchev–Trinajstić information content (AvgIpc) is 3.04. The third kappa shape index (κ3) is 4.18. The van der Waals surface area contributed by atoms with Crippen LogP contribution >= 0.6 is 0 Å². The first-order valence-electron chi connectivity index (χ1n) is 8.48. The largest absolute Gasteiger partial charge is 0.479 e. The van der Waals surface area contributed by atoms with Crippen molar-refractivity contribution in [2.45, 2.75) is 32.6 Å². The number of fused-ring (bicyclic) bond motifs is 1. The van der Waals surface area contributed by atoms with Crippen molar-refractivity contribution in [2.75, 3.05) is 0 Å². The Morgan fingerprint density at radius 3 is 2.65 bits per heavy atom. The molecule has 5 nitrogen and oxygen atoms in total. The molecule has 0 aliphatic rings. The summed E-state index contributed by atoms with van der Waals surface area (Å²) >= 11 is 0. The van der Waals surface area contributed by atoms with Crippen LogP contribution in [0.2, 0.25) is 0 Å². The molecule has 0 atom stereocenters. The van der Waals surface area contributed by atoms with E-state index in [9.17, 15) is 4.79 Å². The van der Waals surface area contributed by atoms with Crippen LogP contribution in [0.15, 0.2) is 60.9 Å². The number of hydrogen-bond donors (Lipinski definition) is 1. The molecule has 1 N–H and O–H groups in total. The quantitative estimate of drug-likeness (QED) is 0.696. The molecule has 0 unspecified atom stereocenters. The maximum atomic E-state index is 11.1. The molecular formula is C21H22N2O3. The van der Waals surface area contributed by atoms with Gasteiger partial charge in [0, 0.05) is 6.54 Å². The summed E-state index contributed by atoms with van der Waals surface area (Å²) in [4.78, 5) is 15.4. The Kier molecular flexibility index (Phi) is 5.19. The molecule has 0 bridgehead atoms. The normalized spacial score (nSPS) is 12.1. The van der Waals surface area contributed by atoms with E-state index in [1.54, 1.807) is 13.8 Å². The highest BCUT2D eigenvalue weighted by Gasteiger charge is 2.27. The Balaban J connectivity index is 1.59. The number of aromatic nitrogens is 2. The fraction of sp³-hybridized carbons (Fsp3) is 0.238. The zero-order valence-corrected chi connectivity index (χ0v) is 14.9. The number of carboxylic acid groups (broad SMARTS) is 1. The van der Waals surface area contributed by atoms with Gasteiger partial charge >= 0.3 is 5.97 Å². The van der Waals surface area contributed by atoms with Crippen molar-refractivity contribution >= 4 is 23.1 Å². The third-order valence-electron chi connectivity index (χ3n) is 4.23. The zero-order valence-electron chi connectivity index (χ0n) is 14.9. The number of rotatable bonds is 7. The maximum Gasteiger partial charge on any atom is 0.335 e. The minimum absolute atomic E-state index is 0.268. The number of carboxylic acids is 1. The summed E-state index contributed by atoms with van der Waals surface area (Å²) in [6, 6.07) is 15.9. The lowest BCUT2D eigenvalue weighted by Crippen LogP contribution is -2.34. The van der Waals surface area contributed by atoms with E-state index in [0.717, 1.165) is 28.7 Å². The van der Waals surface area contributed by atoms with Gasteiger partial charge in [0.05, 0.1) is 24.0 Å². The van der Waals surface area contributed by atoms with E-state index >= 15 is 0 Å². The van der Waals surface area contributed by atoms with Crippen LogP contribution < -0.4 is 0 Å². The summed E-state index contributed by atoms with van der Waals surface area (Å²) in [5, 5.41) is 9.06. The van der Waals surface area contributed by atoms with Gasteiger partial charge in [-0.15, -0.1) is 0 Å². The van der Waals surface area contributed by atoms with Crippen LogP contribution in [0.25, 0.3) is 17.1 Å². The van der Waals surface area contributed by atoms with Crippen molar-refractivity contribution in [3.05, 3.63) is 72.1 Å². The predicted octanol–water partition coefficient (Wildman–Crippen LogP) is 4.13. The molecular weight excluding hydrogens is 328 g/mol. The SMILES string of the molecule is CC(C)(OCc1ccc(C=CCn2cnc3ccccc32)cc1)C(=O)O. The first-order chi connectivity index (χ1) is 12.5. The highest BCUT2D eigenvalue weighted by Crippen LogP contribution is 2.15. The van der Waals surface area contributed by atoms with Gasteiger partial charge in [-0.2, -0.15) is 0 Å². The molecule has 26 heavy (non-hydrogen) atoms. The minimum atomic E-state index is -1.19. The molecule has 134 valence electrons. The van der Waals surface area contributed by atoms with Crippen molar-refractivity contribution in [1.82, 2.24) is 9.55 Å². The number of aliphatic carboxylic acids is 1. The molecule has 3 aromatic rings. The van der Waals surface area contributed by atoms with Crippen LogP contribution in [0.1, 0.15) is 25.0 Å². The van der Waals surface area contributed by atoms with Gasteiger partial charge in [-0.25, -0.2) is 9.78 Å². The molecule has 5 heteroatoms. The molecule has 1 heterocycles. The second-order valence-corrected chi connectivity index (χ2v) is 6.63. The molecule has 1 aromatic heterocycles. The summed E-state index contributed by atoms with van der Waals surface area (Å²) in [6.45, 7) is 4.11. The Morgan fingerprint density at radius 2 is 1.92 bits per heavy atom. The third-order valence-corrected chi connectivity index (χ3v) is 4.23. The second-order valence-electron chi connectivity index (χ2n) is 6.63. The number of imidazole rings is 1. The van der Waals surface area contributed by atoms with Crippen molar-refractivity contribution in [3.8, 4) is 0 Å². The van der Waals surface area contributed by atoms with Gasteiger partial charge in [0.25, 0.3) is 0 Å². The van der Waals surface area contributed by atoms with Gasteiger partial charge in [-0.3, -0.25) is 0 Å². The maximum absolute atomic E-state index is 11.1. The van der Waals surface area contributed by atoms with Crippen LogP contribution in [-0.4, -0.2) is 26.2 Å². The van der Waals surface area contributed by atoms with Gasteiger partial charge in [0.1, 0.15) is 0 Å². The average molecular weight is 350 g/mol. The van der Waals surface area contributed by atoms with Crippen LogP contribution in [0.5, 0.6) is 0 Å². The topological polar surface area (TPSA) is 64.4 Å². The Morgan fingerprint density at radius 1 is 1.19 bits per heavy atom. The standard InChI is InChI=1S/C21H22N2O3/c1-21(2,20(24)25)26-14-17-11-9-16(10-12-17)6-5-13-23-15-22-18-7-3-4-8-19(18)23/h3-12,15H,13-14H2,1-2H3,(H,24,25). The molecule has 0 saturated carbocycles. The van der Waals surface area contributed by atoms with E-state index < -0.39 is 11.6 Å². The highest BCUT2D eigenvalue weighted by molar-refractivity contribution is 5.76. The van der Waals surface area contributed by atoms with Crippen LogP contribution in [0.3, 0.4) is 0 Å². The summed E-state index contributed by atoms with van der Waals surface area (Å²) in [7, 11) is 0. The van der Waals surface area contributed by atoms with Crippen LogP contribution in [0, 0.1) is 0 Å². The monoisotopic (exact) mass is 350 g/mol. The zero-order chi connectivity index (χ0) is 18.6. The minimum Gasteiger partial charge on any atom is -0.479 e. The first-order valence-corrected chi connectivity index (χ1v) is 8.48. The summed E-state index contributed by atoms with van der Waals surface area (Å²) in [5.41, 5.74) is 2.94. The Hall–Kier alpha value is -2.92. The number of hydrogen-bond acceptors (Lipinski definition) is 3. The number of nitrogens with zero attached hydrogens (tertiary/aromatic N) is 2. The van der Waals surface area contributed by atoms with Crippen molar-refractivity contribution in [1.29, 1.82) is 0 Å². The number of carbonyl (C=O) groups is 1. The van der Waals surface area contributed by atoms with Crippen molar-refractivity contribution in [3.63, 3.8) is 0 Å². The molecule has 0 amide bonds. The number of para-hydroxylation sites is 2. The fourth-order valence-corrected chi connectivity index (χ4v) is 2.51.